The zero-order valence-corrected chi connectivity index (χ0v) is 13.1. The van der Waals surface area contributed by atoms with E-state index in [2.05, 4.69) is 24.1 Å². The Hall–Kier alpha value is -0.200. The van der Waals surface area contributed by atoms with Gasteiger partial charge in [0.05, 0.1) is 25.4 Å². The van der Waals surface area contributed by atoms with Gasteiger partial charge in [-0.2, -0.15) is 0 Å². The molecular formula is C15H32N2O3. The van der Waals surface area contributed by atoms with Crippen LogP contribution in [0.3, 0.4) is 0 Å². The van der Waals surface area contributed by atoms with Crippen LogP contribution >= 0.6 is 0 Å². The SMILES string of the molecule is CCN(CC)CCCNCC(O)COCC1CCCO1. The van der Waals surface area contributed by atoms with Crippen molar-refractivity contribution in [3.63, 3.8) is 0 Å². The van der Waals surface area contributed by atoms with Gasteiger partial charge in [-0.05, 0) is 45.4 Å². The fourth-order valence-corrected chi connectivity index (χ4v) is 2.41. The number of aliphatic hydroxyl groups is 1. The molecule has 1 aliphatic rings. The minimum Gasteiger partial charge on any atom is -0.389 e. The van der Waals surface area contributed by atoms with Crippen LogP contribution < -0.4 is 5.32 Å². The van der Waals surface area contributed by atoms with Crippen molar-refractivity contribution < 1.29 is 14.6 Å². The summed E-state index contributed by atoms with van der Waals surface area (Å²) in [6, 6.07) is 0. The second kappa shape index (κ2) is 11.5. The van der Waals surface area contributed by atoms with Gasteiger partial charge in [-0.3, -0.25) is 0 Å². The van der Waals surface area contributed by atoms with Crippen molar-refractivity contribution >= 4 is 0 Å². The second-order valence-corrected chi connectivity index (χ2v) is 5.41. The minimum atomic E-state index is -0.426. The number of rotatable bonds is 12. The number of ether oxygens (including phenoxy) is 2. The molecule has 20 heavy (non-hydrogen) atoms. The molecule has 1 fully saturated rings. The lowest BCUT2D eigenvalue weighted by molar-refractivity contribution is -0.0164. The Morgan fingerprint density at radius 3 is 2.85 bits per heavy atom. The number of hydrogen-bond donors (Lipinski definition) is 2. The first-order valence-corrected chi connectivity index (χ1v) is 8.06. The third-order valence-corrected chi connectivity index (χ3v) is 3.74. The molecule has 1 rings (SSSR count). The number of nitrogens with zero attached hydrogens (tertiary/aromatic N) is 1. The van der Waals surface area contributed by atoms with Gasteiger partial charge in [0.2, 0.25) is 0 Å². The zero-order valence-electron chi connectivity index (χ0n) is 13.1. The summed E-state index contributed by atoms with van der Waals surface area (Å²) < 4.78 is 11.0. The summed E-state index contributed by atoms with van der Waals surface area (Å²) in [4.78, 5) is 2.41. The highest BCUT2D eigenvalue weighted by molar-refractivity contribution is 4.65. The molecule has 0 bridgehead atoms. The molecule has 0 amide bonds. The van der Waals surface area contributed by atoms with E-state index in [1.807, 2.05) is 0 Å². The summed E-state index contributed by atoms with van der Waals surface area (Å²) in [6.45, 7) is 11.1. The fraction of sp³-hybridized carbons (Fsp3) is 1.00. The van der Waals surface area contributed by atoms with Gasteiger partial charge >= 0.3 is 0 Å². The van der Waals surface area contributed by atoms with E-state index in [1.54, 1.807) is 0 Å². The first kappa shape index (κ1) is 17.9. The lowest BCUT2D eigenvalue weighted by Crippen LogP contribution is -2.33. The second-order valence-electron chi connectivity index (χ2n) is 5.41. The summed E-state index contributed by atoms with van der Waals surface area (Å²) in [5.74, 6) is 0. The van der Waals surface area contributed by atoms with Crippen LogP contribution in [0.2, 0.25) is 0 Å². The normalized spacial score (nSPS) is 20.7. The molecule has 0 spiro atoms. The molecule has 120 valence electrons. The zero-order chi connectivity index (χ0) is 14.6. The van der Waals surface area contributed by atoms with Gasteiger partial charge in [0.25, 0.3) is 0 Å². The van der Waals surface area contributed by atoms with E-state index in [9.17, 15) is 5.11 Å². The third-order valence-electron chi connectivity index (χ3n) is 3.74. The lowest BCUT2D eigenvalue weighted by Gasteiger charge is -2.18. The Kier molecular flexibility index (Phi) is 10.2. The summed E-state index contributed by atoms with van der Waals surface area (Å²) in [5, 5.41) is 13.1. The van der Waals surface area contributed by atoms with Crippen molar-refractivity contribution in [2.24, 2.45) is 0 Å². The Morgan fingerprint density at radius 2 is 2.20 bits per heavy atom. The maximum Gasteiger partial charge on any atom is 0.0897 e. The van der Waals surface area contributed by atoms with E-state index < -0.39 is 6.10 Å². The molecule has 2 unspecified atom stereocenters. The average Bonchev–Trinajstić information content (AvgIpc) is 2.96. The van der Waals surface area contributed by atoms with Crippen molar-refractivity contribution in [1.82, 2.24) is 10.2 Å². The Balaban J connectivity index is 1.88. The quantitative estimate of drug-likeness (QED) is 0.522. The van der Waals surface area contributed by atoms with Gasteiger partial charge in [0.1, 0.15) is 0 Å². The average molecular weight is 288 g/mol. The Morgan fingerprint density at radius 1 is 1.40 bits per heavy atom. The molecule has 0 aromatic rings. The first-order valence-electron chi connectivity index (χ1n) is 8.06. The van der Waals surface area contributed by atoms with E-state index in [-0.39, 0.29) is 6.10 Å². The predicted molar refractivity (Wildman–Crippen MR) is 81.1 cm³/mol. The van der Waals surface area contributed by atoms with E-state index in [1.165, 1.54) is 0 Å². The minimum absolute atomic E-state index is 0.240. The van der Waals surface area contributed by atoms with Crippen LogP contribution in [-0.2, 0) is 9.47 Å². The van der Waals surface area contributed by atoms with Crippen molar-refractivity contribution in [2.45, 2.75) is 45.3 Å². The maximum absolute atomic E-state index is 9.79. The molecule has 0 aromatic heterocycles. The van der Waals surface area contributed by atoms with Crippen LogP contribution in [0.4, 0.5) is 0 Å². The van der Waals surface area contributed by atoms with Crippen molar-refractivity contribution in [2.75, 3.05) is 52.5 Å². The van der Waals surface area contributed by atoms with Crippen LogP contribution in [0.5, 0.6) is 0 Å². The van der Waals surface area contributed by atoms with E-state index >= 15 is 0 Å². The number of nitrogens with one attached hydrogen (secondary N) is 1. The highest BCUT2D eigenvalue weighted by atomic mass is 16.5. The molecule has 5 nitrogen and oxygen atoms in total. The fourth-order valence-electron chi connectivity index (χ4n) is 2.41. The molecule has 0 radical (unpaired) electrons. The third kappa shape index (κ3) is 8.17. The standard InChI is InChI=1S/C15H32N2O3/c1-3-17(4-2)9-6-8-16-11-14(18)12-19-13-15-7-5-10-20-15/h14-16,18H,3-13H2,1-2H3. The molecule has 0 saturated carbocycles. The predicted octanol–water partition coefficient (Wildman–Crippen LogP) is 0.864. The van der Waals surface area contributed by atoms with E-state index in [4.69, 9.17) is 9.47 Å². The van der Waals surface area contributed by atoms with Gasteiger partial charge in [-0.1, -0.05) is 13.8 Å². The molecule has 2 atom stereocenters. The monoisotopic (exact) mass is 288 g/mol. The smallest absolute Gasteiger partial charge is 0.0897 e. The van der Waals surface area contributed by atoms with E-state index in [0.717, 1.165) is 52.0 Å². The number of aliphatic hydroxyl groups excluding tert-OH is 1. The maximum atomic E-state index is 9.79. The van der Waals surface area contributed by atoms with Gasteiger partial charge in [-0.15, -0.1) is 0 Å². The molecule has 0 aliphatic carbocycles. The van der Waals surface area contributed by atoms with Crippen LogP contribution in [0.1, 0.15) is 33.1 Å². The van der Waals surface area contributed by atoms with Crippen LogP contribution in [0, 0.1) is 0 Å². The summed E-state index contributed by atoms with van der Waals surface area (Å²) in [7, 11) is 0. The first-order chi connectivity index (χ1) is 9.76. The van der Waals surface area contributed by atoms with Crippen LogP contribution in [-0.4, -0.2) is 74.8 Å². The van der Waals surface area contributed by atoms with Crippen molar-refractivity contribution in [1.29, 1.82) is 0 Å². The molecule has 0 aromatic carbocycles. The van der Waals surface area contributed by atoms with Gasteiger partial charge in [-0.25, -0.2) is 0 Å². The molecule has 1 heterocycles. The summed E-state index contributed by atoms with van der Waals surface area (Å²) in [6.07, 6.45) is 3.14. The molecule has 2 N–H and O–H groups in total. The van der Waals surface area contributed by atoms with Gasteiger partial charge in [0, 0.05) is 13.2 Å². The van der Waals surface area contributed by atoms with Crippen molar-refractivity contribution in [3.05, 3.63) is 0 Å². The molecule has 1 saturated heterocycles. The molecule has 5 heteroatoms. The van der Waals surface area contributed by atoms with Crippen LogP contribution in [0.15, 0.2) is 0 Å². The van der Waals surface area contributed by atoms with Gasteiger partial charge < -0.3 is 24.8 Å². The van der Waals surface area contributed by atoms with Crippen LogP contribution in [0.25, 0.3) is 0 Å². The topological polar surface area (TPSA) is 54.0 Å². The lowest BCUT2D eigenvalue weighted by atomic mass is 10.2. The highest BCUT2D eigenvalue weighted by Gasteiger charge is 2.15. The van der Waals surface area contributed by atoms with E-state index in [0.29, 0.717) is 19.8 Å². The Bertz CT molecular complexity index is 219. The van der Waals surface area contributed by atoms with Gasteiger partial charge in [0.15, 0.2) is 0 Å². The molecular weight excluding hydrogens is 256 g/mol. The largest absolute Gasteiger partial charge is 0.389 e. The Labute approximate surface area is 123 Å². The number of hydrogen-bond acceptors (Lipinski definition) is 5. The van der Waals surface area contributed by atoms with Crippen molar-refractivity contribution in [3.8, 4) is 0 Å². The highest BCUT2D eigenvalue weighted by Crippen LogP contribution is 2.11. The summed E-state index contributed by atoms with van der Waals surface area (Å²) in [5.41, 5.74) is 0. The molecule has 1 aliphatic heterocycles. The summed E-state index contributed by atoms with van der Waals surface area (Å²) >= 11 is 0.